The van der Waals surface area contributed by atoms with E-state index >= 15 is 0 Å². The van der Waals surface area contributed by atoms with E-state index in [0.29, 0.717) is 17.2 Å². The Kier molecular flexibility index (Phi) is 5.29. The Morgan fingerprint density at radius 2 is 2.00 bits per heavy atom. The predicted molar refractivity (Wildman–Crippen MR) is 104 cm³/mol. The fourth-order valence-corrected chi connectivity index (χ4v) is 3.41. The van der Waals surface area contributed by atoms with Crippen molar-refractivity contribution in [1.82, 2.24) is 9.88 Å². The van der Waals surface area contributed by atoms with E-state index in [4.69, 9.17) is 5.73 Å². The summed E-state index contributed by atoms with van der Waals surface area (Å²) in [5.74, 6) is -0.589. The van der Waals surface area contributed by atoms with E-state index in [-0.39, 0.29) is 17.9 Å². The number of carbonyl (C=O) groups excluding carboxylic acids is 2. The zero-order valence-corrected chi connectivity index (χ0v) is 15.4. The highest BCUT2D eigenvalue weighted by atomic mass is 32.1. The van der Waals surface area contributed by atoms with Crippen molar-refractivity contribution in [3.63, 3.8) is 0 Å². The highest BCUT2D eigenvalue weighted by molar-refractivity contribution is 7.22. The molecule has 134 valence electrons. The van der Waals surface area contributed by atoms with Crippen LogP contribution in [0.3, 0.4) is 0 Å². The van der Waals surface area contributed by atoms with Gasteiger partial charge in [0.05, 0.1) is 16.3 Å². The van der Waals surface area contributed by atoms with Gasteiger partial charge < -0.3 is 5.73 Å². The second-order valence-corrected chi connectivity index (χ2v) is 7.17. The SMILES string of the molecule is C[C@@H](C(N)=O)N(C)Cc1cccc(C(=O)Nc2nc3ccccc3s2)c1. The van der Waals surface area contributed by atoms with Gasteiger partial charge in [0.1, 0.15) is 0 Å². The number of hydrogen-bond acceptors (Lipinski definition) is 5. The number of aromatic nitrogens is 1. The Labute approximate surface area is 155 Å². The summed E-state index contributed by atoms with van der Waals surface area (Å²) < 4.78 is 1.03. The van der Waals surface area contributed by atoms with Gasteiger partial charge in [0, 0.05) is 12.1 Å². The second kappa shape index (κ2) is 7.63. The van der Waals surface area contributed by atoms with Crippen LogP contribution in [0.25, 0.3) is 10.2 Å². The predicted octanol–water partition coefficient (Wildman–Crippen LogP) is 2.85. The third-order valence-corrected chi connectivity index (χ3v) is 5.16. The number of benzene rings is 2. The van der Waals surface area contributed by atoms with E-state index in [1.165, 1.54) is 11.3 Å². The highest BCUT2D eigenvalue weighted by Gasteiger charge is 2.16. The minimum atomic E-state index is -0.379. The van der Waals surface area contributed by atoms with Crippen LogP contribution in [0.2, 0.25) is 0 Å². The minimum Gasteiger partial charge on any atom is -0.368 e. The molecule has 0 aliphatic heterocycles. The molecule has 3 N–H and O–H groups in total. The molecule has 26 heavy (non-hydrogen) atoms. The highest BCUT2D eigenvalue weighted by Crippen LogP contribution is 2.25. The number of para-hydroxylation sites is 1. The van der Waals surface area contributed by atoms with Crippen LogP contribution in [0.4, 0.5) is 5.13 Å². The summed E-state index contributed by atoms with van der Waals surface area (Å²) in [5.41, 5.74) is 7.67. The van der Waals surface area contributed by atoms with E-state index in [1.807, 2.05) is 54.4 Å². The number of nitrogens with zero attached hydrogens (tertiary/aromatic N) is 2. The summed E-state index contributed by atoms with van der Waals surface area (Å²) in [5, 5.41) is 3.42. The number of likely N-dealkylation sites (N-methyl/N-ethyl adjacent to an activating group) is 1. The molecule has 0 unspecified atom stereocenters. The average Bonchev–Trinajstić information content (AvgIpc) is 3.03. The van der Waals surface area contributed by atoms with Gasteiger partial charge in [-0.3, -0.25) is 19.8 Å². The number of fused-ring (bicyclic) bond motifs is 1. The van der Waals surface area contributed by atoms with Crippen molar-refractivity contribution >= 4 is 38.5 Å². The van der Waals surface area contributed by atoms with E-state index in [9.17, 15) is 9.59 Å². The van der Waals surface area contributed by atoms with Gasteiger partial charge in [0.2, 0.25) is 5.91 Å². The zero-order chi connectivity index (χ0) is 18.7. The summed E-state index contributed by atoms with van der Waals surface area (Å²) in [4.78, 5) is 30.1. The molecule has 0 bridgehead atoms. The van der Waals surface area contributed by atoms with Crippen LogP contribution >= 0.6 is 11.3 Å². The monoisotopic (exact) mass is 368 g/mol. The Balaban J connectivity index is 1.72. The molecule has 3 rings (SSSR count). The van der Waals surface area contributed by atoms with Crippen LogP contribution in [0.5, 0.6) is 0 Å². The van der Waals surface area contributed by atoms with Crippen molar-refractivity contribution in [1.29, 1.82) is 0 Å². The maximum Gasteiger partial charge on any atom is 0.257 e. The van der Waals surface area contributed by atoms with Crippen LogP contribution in [0.1, 0.15) is 22.8 Å². The lowest BCUT2D eigenvalue weighted by atomic mass is 10.1. The van der Waals surface area contributed by atoms with Gasteiger partial charge in [-0.1, -0.05) is 35.6 Å². The van der Waals surface area contributed by atoms with Crippen molar-refractivity contribution < 1.29 is 9.59 Å². The van der Waals surface area contributed by atoms with Gasteiger partial charge >= 0.3 is 0 Å². The first-order chi connectivity index (χ1) is 12.4. The third kappa shape index (κ3) is 4.07. The first-order valence-corrected chi connectivity index (χ1v) is 9.01. The number of nitrogens with one attached hydrogen (secondary N) is 1. The lowest BCUT2D eigenvalue weighted by Gasteiger charge is -2.22. The summed E-state index contributed by atoms with van der Waals surface area (Å²) >= 11 is 1.44. The van der Waals surface area contributed by atoms with Crippen LogP contribution < -0.4 is 11.1 Å². The molecule has 2 aromatic carbocycles. The average molecular weight is 368 g/mol. The van der Waals surface area contributed by atoms with Crippen molar-refractivity contribution in [2.45, 2.75) is 19.5 Å². The second-order valence-electron chi connectivity index (χ2n) is 6.13. The van der Waals surface area contributed by atoms with Gasteiger partial charge in [-0.25, -0.2) is 4.98 Å². The molecule has 6 nitrogen and oxygen atoms in total. The molecule has 2 amide bonds. The maximum absolute atomic E-state index is 12.5. The molecule has 7 heteroatoms. The zero-order valence-electron chi connectivity index (χ0n) is 14.6. The molecule has 3 aromatic rings. The van der Waals surface area contributed by atoms with Crippen LogP contribution in [-0.2, 0) is 11.3 Å². The number of primary amides is 1. The van der Waals surface area contributed by atoms with E-state index in [2.05, 4.69) is 10.3 Å². The lowest BCUT2D eigenvalue weighted by molar-refractivity contribution is -0.122. The minimum absolute atomic E-state index is 0.212. The topological polar surface area (TPSA) is 88.3 Å². The maximum atomic E-state index is 12.5. The summed E-state index contributed by atoms with van der Waals surface area (Å²) in [6, 6.07) is 14.7. The quantitative estimate of drug-likeness (QED) is 0.700. The third-order valence-electron chi connectivity index (χ3n) is 4.21. The molecular weight excluding hydrogens is 348 g/mol. The van der Waals surface area contributed by atoms with E-state index < -0.39 is 0 Å². The number of thiazole rings is 1. The molecule has 0 aliphatic rings. The number of hydrogen-bond donors (Lipinski definition) is 2. The van der Waals surface area contributed by atoms with Gasteiger partial charge in [0.25, 0.3) is 5.91 Å². The first-order valence-electron chi connectivity index (χ1n) is 8.19. The lowest BCUT2D eigenvalue weighted by Crippen LogP contribution is -2.39. The summed E-state index contributed by atoms with van der Waals surface area (Å²) in [7, 11) is 1.82. The first kappa shape index (κ1) is 18.0. The molecule has 0 aliphatic carbocycles. The van der Waals surface area contributed by atoms with Gasteiger partial charge in [-0.2, -0.15) is 0 Å². The van der Waals surface area contributed by atoms with Gasteiger partial charge in [-0.15, -0.1) is 0 Å². The number of rotatable bonds is 6. The molecule has 0 saturated carbocycles. The van der Waals surface area contributed by atoms with Crippen molar-refractivity contribution in [2.75, 3.05) is 12.4 Å². The molecule has 1 heterocycles. The number of nitrogens with two attached hydrogens (primary N) is 1. The summed E-state index contributed by atoms with van der Waals surface area (Å²) in [6.07, 6.45) is 0. The fourth-order valence-electron chi connectivity index (χ4n) is 2.55. The van der Waals surface area contributed by atoms with Crippen LogP contribution in [-0.4, -0.2) is 34.8 Å². The summed E-state index contributed by atoms with van der Waals surface area (Å²) in [6.45, 7) is 2.28. The Morgan fingerprint density at radius 3 is 2.73 bits per heavy atom. The molecule has 0 radical (unpaired) electrons. The molecule has 0 saturated heterocycles. The van der Waals surface area contributed by atoms with Gasteiger partial charge in [0.15, 0.2) is 5.13 Å². The van der Waals surface area contributed by atoms with Gasteiger partial charge in [-0.05, 0) is 43.8 Å². The van der Waals surface area contributed by atoms with Crippen LogP contribution in [0, 0.1) is 0 Å². The number of carbonyl (C=O) groups is 2. The largest absolute Gasteiger partial charge is 0.368 e. The smallest absolute Gasteiger partial charge is 0.257 e. The Morgan fingerprint density at radius 1 is 1.23 bits per heavy atom. The normalized spacial score (nSPS) is 12.3. The van der Waals surface area contributed by atoms with Crippen molar-refractivity contribution in [3.05, 3.63) is 59.7 Å². The number of amides is 2. The molecular formula is C19H20N4O2S. The van der Waals surface area contributed by atoms with E-state index in [1.54, 1.807) is 13.0 Å². The molecule has 0 spiro atoms. The van der Waals surface area contributed by atoms with Crippen LogP contribution in [0.15, 0.2) is 48.5 Å². The molecule has 1 aromatic heterocycles. The number of anilines is 1. The Bertz CT molecular complexity index is 920. The van der Waals surface area contributed by atoms with Crippen molar-refractivity contribution in [2.24, 2.45) is 5.73 Å². The Hall–Kier alpha value is -2.77. The van der Waals surface area contributed by atoms with E-state index in [0.717, 1.165) is 15.8 Å². The standard InChI is InChI=1S/C19H20N4O2S/c1-12(17(20)24)23(2)11-13-6-5-7-14(10-13)18(25)22-19-21-15-8-3-4-9-16(15)26-19/h3-10,12H,11H2,1-2H3,(H2,20,24)(H,21,22,25)/t12-/m0/s1. The molecule has 0 fully saturated rings. The molecule has 1 atom stereocenters. The fraction of sp³-hybridized carbons (Fsp3) is 0.211. The van der Waals surface area contributed by atoms with Crippen molar-refractivity contribution in [3.8, 4) is 0 Å².